The lowest BCUT2D eigenvalue weighted by Gasteiger charge is -2.20. The van der Waals surface area contributed by atoms with Crippen LogP contribution >= 0.6 is 11.6 Å². The lowest BCUT2D eigenvalue weighted by molar-refractivity contribution is -0.0886. The normalized spacial score (nSPS) is 12.6. The quantitative estimate of drug-likeness (QED) is 0.466. The highest BCUT2D eigenvalue weighted by Crippen LogP contribution is 2.31. The molecule has 0 amide bonds. The summed E-state index contributed by atoms with van der Waals surface area (Å²) in [5, 5.41) is 9.20. The zero-order chi connectivity index (χ0) is 16.9. The molecule has 24 heavy (non-hydrogen) atoms. The van der Waals surface area contributed by atoms with Gasteiger partial charge in [0, 0.05) is 17.2 Å². The topological polar surface area (TPSA) is 49.2 Å². The van der Waals surface area contributed by atoms with E-state index in [1.54, 1.807) is 0 Å². The van der Waals surface area contributed by atoms with Gasteiger partial charge < -0.3 is 9.47 Å². The Labute approximate surface area is 146 Å². The van der Waals surface area contributed by atoms with Crippen LogP contribution in [0.1, 0.15) is 31.9 Å². The third-order valence-electron chi connectivity index (χ3n) is 3.84. The number of ether oxygens (including phenoxy) is 2. The fraction of sp³-hybridized carbons (Fsp3) is 0.333. The van der Waals surface area contributed by atoms with Gasteiger partial charge in [0.25, 0.3) is 0 Å². The van der Waals surface area contributed by atoms with Crippen molar-refractivity contribution in [1.29, 1.82) is 0 Å². The SMILES string of the molecule is CCOCO[C@H](CC)c1cc(Cl)ccc1-n1nnc2ccccc21. The number of rotatable bonds is 7. The Morgan fingerprint density at radius 2 is 2.00 bits per heavy atom. The molecule has 0 unspecified atom stereocenters. The van der Waals surface area contributed by atoms with Crippen molar-refractivity contribution in [2.24, 2.45) is 0 Å². The first-order chi connectivity index (χ1) is 11.7. The van der Waals surface area contributed by atoms with E-state index in [4.69, 9.17) is 21.1 Å². The van der Waals surface area contributed by atoms with Crippen molar-refractivity contribution in [1.82, 2.24) is 15.0 Å². The summed E-state index contributed by atoms with van der Waals surface area (Å²) in [6.45, 7) is 4.88. The maximum atomic E-state index is 6.23. The maximum Gasteiger partial charge on any atom is 0.147 e. The van der Waals surface area contributed by atoms with E-state index in [0.717, 1.165) is 28.7 Å². The number of hydrogen-bond donors (Lipinski definition) is 0. The van der Waals surface area contributed by atoms with Crippen LogP contribution in [-0.4, -0.2) is 28.4 Å². The molecule has 126 valence electrons. The minimum Gasteiger partial charge on any atom is -0.356 e. The van der Waals surface area contributed by atoms with Crippen molar-refractivity contribution in [3.05, 3.63) is 53.1 Å². The van der Waals surface area contributed by atoms with Crippen LogP contribution in [0.15, 0.2) is 42.5 Å². The second-order valence-corrected chi connectivity index (χ2v) is 5.80. The molecule has 0 saturated carbocycles. The van der Waals surface area contributed by atoms with Gasteiger partial charge in [0.1, 0.15) is 12.3 Å². The molecule has 0 aliphatic heterocycles. The molecule has 0 aliphatic carbocycles. The Kier molecular flexibility index (Phi) is 5.45. The lowest BCUT2D eigenvalue weighted by Crippen LogP contribution is -2.11. The molecule has 0 radical (unpaired) electrons. The van der Waals surface area contributed by atoms with Crippen LogP contribution in [0.3, 0.4) is 0 Å². The van der Waals surface area contributed by atoms with E-state index in [1.807, 2.05) is 54.1 Å². The Bertz CT molecular complexity index is 819. The zero-order valence-corrected chi connectivity index (χ0v) is 14.5. The van der Waals surface area contributed by atoms with E-state index in [9.17, 15) is 0 Å². The van der Waals surface area contributed by atoms with Crippen LogP contribution in [0.5, 0.6) is 0 Å². The van der Waals surface area contributed by atoms with Crippen LogP contribution < -0.4 is 0 Å². The predicted molar refractivity (Wildman–Crippen MR) is 94.5 cm³/mol. The first-order valence-corrected chi connectivity index (χ1v) is 8.42. The first kappa shape index (κ1) is 16.9. The van der Waals surface area contributed by atoms with Gasteiger partial charge in [0.05, 0.1) is 17.3 Å². The van der Waals surface area contributed by atoms with Crippen molar-refractivity contribution < 1.29 is 9.47 Å². The van der Waals surface area contributed by atoms with Gasteiger partial charge in [-0.3, -0.25) is 0 Å². The molecule has 6 heteroatoms. The van der Waals surface area contributed by atoms with Crippen LogP contribution in [0, 0.1) is 0 Å². The number of hydrogen-bond acceptors (Lipinski definition) is 4. The second kappa shape index (κ2) is 7.75. The third-order valence-corrected chi connectivity index (χ3v) is 4.08. The standard InChI is InChI=1S/C18H20ClN3O2/c1-3-18(24-12-23-4-2)14-11-13(19)9-10-16(14)22-17-8-6-5-7-15(17)20-21-22/h5-11,18H,3-4,12H2,1-2H3/t18-/m1/s1. The van der Waals surface area contributed by atoms with E-state index in [0.29, 0.717) is 11.6 Å². The molecule has 5 nitrogen and oxygen atoms in total. The smallest absolute Gasteiger partial charge is 0.147 e. The minimum absolute atomic E-state index is 0.131. The average molecular weight is 346 g/mol. The summed E-state index contributed by atoms with van der Waals surface area (Å²) < 4.78 is 13.0. The molecule has 0 bridgehead atoms. The molecule has 0 N–H and O–H groups in total. The monoisotopic (exact) mass is 345 g/mol. The Morgan fingerprint density at radius 3 is 2.79 bits per heavy atom. The molecule has 3 aromatic rings. The molecule has 0 fully saturated rings. The molecule has 1 atom stereocenters. The summed E-state index contributed by atoms with van der Waals surface area (Å²) in [5.74, 6) is 0. The van der Waals surface area contributed by atoms with Crippen LogP contribution in [0.4, 0.5) is 0 Å². The number of aromatic nitrogens is 3. The fourth-order valence-electron chi connectivity index (χ4n) is 2.66. The van der Waals surface area contributed by atoms with Crippen LogP contribution in [0.2, 0.25) is 5.02 Å². The first-order valence-electron chi connectivity index (χ1n) is 8.04. The number of nitrogens with zero attached hydrogens (tertiary/aromatic N) is 3. The molecule has 3 rings (SSSR count). The zero-order valence-electron chi connectivity index (χ0n) is 13.8. The van der Waals surface area contributed by atoms with Crippen molar-refractivity contribution in [3.8, 4) is 5.69 Å². The Balaban J connectivity index is 2.05. The van der Waals surface area contributed by atoms with Gasteiger partial charge >= 0.3 is 0 Å². The van der Waals surface area contributed by atoms with Gasteiger partial charge in [-0.05, 0) is 43.7 Å². The fourth-order valence-corrected chi connectivity index (χ4v) is 2.84. The molecular formula is C18H20ClN3O2. The van der Waals surface area contributed by atoms with E-state index in [-0.39, 0.29) is 12.9 Å². The van der Waals surface area contributed by atoms with Gasteiger partial charge in [0.15, 0.2) is 0 Å². The Morgan fingerprint density at radius 1 is 1.17 bits per heavy atom. The van der Waals surface area contributed by atoms with Crippen molar-refractivity contribution in [2.75, 3.05) is 13.4 Å². The molecule has 0 spiro atoms. The molecule has 2 aromatic carbocycles. The molecule has 0 saturated heterocycles. The molecule has 1 heterocycles. The van der Waals surface area contributed by atoms with E-state index < -0.39 is 0 Å². The second-order valence-electron chi connectivity index (χ2n) is 5.37. The third kappa shape index (κ3) is 3.43. The highest BCUT2D eigenvalue weighted by Gasteiger charge is 2.18. The molecular weight excluding hydrogens is 326 g/mol. The summed E-state index contributed by atoms with van der Waals surface area (Å²) in [6, 6.07) is 13.6. The highest BCUT2D eigenvalue weighted by molar-refractivity contribution is 6.30. The summed E-state index contributed by atoms with van der Waals surface area (Å²) in [4.78, 5) is 0. The number of fused-ring (bicyclic) bond motifs is 1. The lowest BCUT2D eigenvalue weighted by atomic mass is 10.0. The van der Waals surface area contributed by atoms with Crippen LogP contribution in [0.25, 0.3) is 16.7 Å². The largest absolute Gasteiger partial charge is 0.356 e. The number of benzene rings is 2. The maximum absolute atomic E-state index is 6.23. The summed E-state index contributed by atoms with van der Waals surface area (Å²) in [6.07, 6.45) is 0.667. The molecule has 0 aliphatic rings. The van der Waals surface area contributed by atoms with E-state index in [2.05, 4.69) is 17.2 Å². The summed E-state index contributed by atoms with van der Waals surface area (Å²) >= 11 is 6.23. The van der Waals surface area contributed by atoms with Gasteiger partial charge in [-0.1, -0.05) is 35.9 Å². The van der Waals surface area contributed by atoms with Crippen molar-refractivity contribution in [2.45, 2.75) is 26.4 Å². The molecule has 1 aromatic heterocycles. The number of para-hydroxylation sites is 1. The summed E-state index contributed by atoms with van der Waals surface area (Å²) in [5.41, 5.74) is 3.68. The average Bonchev–Trinajstić information content (AvgIpc) is 3.03. The Hall–Kier alpha value is -1.95. The minimum atomic E-state index is -0.131. The van der Waals surface area contributed by atoms with Crippen LogP contribution in [-0.2, 0) is 9.47 Å². The van der Waals surface area contributed by atoms with E-state index in [1.165, 1.54) is 0 Å². The number of halogens is 1. The van der Waals surface area contributed by atoms with Gasteiger partial charge in [-0.25, -0.2) is 4.68 Å². The predicted octanol–water partition coefficient (Wildman–Crippen LogP) is 4.54. The van der Waals surface area contributed by atoms with Gasteiger partial charge in [-0.15, -0.1) is 5.10 Å². The highest BCUT2D eigenvalue weighted by atomic mass is 35.5. The van der Waals surface area contributed by atoms with Gasteiger partial charge in [-0.2, -0.15) is 0 Å². The van der Waals surface area contributed by atoms with Gasteiger partial charge in [0.2, 0.25) is 0 Å². The summed E-state index contributed by atoms with van der Waals surface area (Å²) in [7, 11) is 0. The van der Waals surface area contributed by atoms with Crippen molar-refractivity contribution >= 4 is 22.6 Å². The van der Waals surface area contributed by atoms with Crippen molar-refractivity contribution in [3.63, 3.8) is 0 Å². The van der Waals surface area contributed by atoms with E-state index >= 15 is 0 Å².